The van der Waals surface area contributed by atoms with Gasteiger partial charge in [-0.15, -0.1) is 0 Å². The Morgan fingerprint density at radius 2 is 1.64 bits per heavy atom. The predicted molar refractivity (Wildman–Crippen MR) is 115 cm³/mol. The SMILES string of the molecule is COc1ccc(CNNc2ccccc2)cc1COc1cc(C)c(Cl)c(C)c1. The van der Waals surface area contributed by atoms with Crippen molar-refractivity contribution in [3.63, 3.8) is 0 Å². The Bertz CT molecular complexity index is 906. The number of hydrogen-bond acceptors (Lipinski definition) is 4. The first-order valence-electron chi connectivity index (χ1n) is 9.16. The zero-order chi connectivity index (χ0) is 19.9. The van der Waals surface area contributed by atoms with E-state index in [0.29, 0.717) is 13.2 Å². The topological polar surface area (TPSA) is 42.5 Å². The monoisotopic (exact) mass is 396 g/mol. The molecule has 0 aromatic heterocycles. The maximum absolute atomic E-state index is 6.24. The Hall–Kier alpha value is -2.69. The third-order valence-corrected chi connectivity index (χ3v) is 5.04. The van der Waals surface area contributed by atoms with Crippen LogP contribution in [-0.4, -0.2) is 7.11 Å². The van der Waals surface area contributed by atoms with Gasteiger partial charge >= 0.3 is 0 Å². The van der Waals surface area contributed by atoms with Crippen LogP contribution in [0.5, 0.6) is 11.5 Å². The average molecular weight is 397 g/mol. The molecule has 146 valence electrons. The minimum absolute atomic E-state index is 0.420. The maximum atomic E-state index is 6.24. The lowest BCUT2D eigenvalue weighted by atomic mass is 10.1. The number of hydrogen-bond donors (Lipinski definition) is 2. The number of hydrazine groups is 1. The second kappa shape index (κ2) is 9.49. The summed E-state index contributed by atoms with van der Waals surface area (Å²) >= 11 is 6.24. The lowest BCUT2D eigenvalue weighted by Gasteiger charge is -2.14. The van der Waals surface area contributed by atoms with E-state index < -0.39 is 0 Å². The molecule has 0 aliphatic rings. The summed E-state index contributed by atoms with van der Waals surface area (Å²) in [6, 6.07) is 20.0. The van der Waals surface area contributed by atoms with Crippen molar-refractivity contribution in [1.29, 1.82) is 0 Å². The minimum atomic E-state index is 0.420. The molecular weight excluding hydrogens is 372 g/mol. The third-order valence-electron chi connectivity index (χ3n) is 4.45. The van der Waals surface area contributed by atoms with Crippen molar-refractivity contribution in [1.82, 2.24) is 5.43 Å². The molecule has 0 radical (unpaired) electrons. The van der Waals surface area contributed by atoms with Crippen LogP contribution in [0.4, 0.5) is 5.69 Å². The normalized spacial score (nSPS) is 10.6. The van der Waals surface area contributed by atoms with E-state index in [-0.39, 0.29) is 0 Å². The summed E-state index contributed by atoms with van der Waals surface area (Å²) in [7, 11) is 1.67. The first-order chi connectivity index (χ1) is 13.6. The number of halogens is 1. The Labute approximate surface area is 171 Å². The Balaban J connectivity index is 1.65. The van der Waals surface area contributed by atoms with Crippen LogP contribution in [0.1, 0.15) is 22.3 Å². The zero-order valence-corrected chi connectivity index (χ0v) is 17.1. The molecule has 3 rings (SSSR count). The maximum Gasteiger partial charge on any atom is 0.125 e. The summed E-state index contributed by atoms with van der Waals surface area (Å²) < 4.78 is 11.5. The molecule has 2 N–H and O–H groups in total. The number of anilines is 1. The number of ether oxygens (including phenoxy) is 2. The number of rotatable bonds is 8. The van der Waals surface area contributed by atoms with Crippen molar-refractivity contribution < 1.29 is 9.47 Å². The molecule has 0 atom stereocenters. The molecule has 0 bridgehead atoms. The fourth-order valence-electron chi connectivity index (χ4n) is 2.98. The van der Waals surface area contributed by atoms with Gasteiger partial charge in [0.15, 0.2) is 0 Å². The van der Waals surface area contributed by atoms with Crippen LogP contribution >= 0.6 is 11.6 Å². The highest BCUT2D eigenvalue weighted by atomic mass is 35.5. The molecule has 0 unspecified atom stereocenters. The van der Waals surface area contributed by atoms with E-state index in [2.05, 4.69) is 16.9 Å². The molecule has 0 aliphatic heterocycles. The quantitative estimate of drug-likeness (QED) is 0.482. The first kappa shape index (κ1) is 20.1. The molecule has 0 aliphatic carbocycles. The van der Waals surface area contributed by atoms with Crippen LogP contribution < -0.4 is 20.3 Å². The second-order valence-corrected chi connectivity index (χ2v) is 7.03. The fourth-order valence-corrected chi connectivity index (χ4v) is 3.08. The second-order valence-electron chi connectivity index (χ2n) is 6.65. The van der Waals surface area contributed by atoms with Crippen molar-refractivity contribution >= 4 is 17.3 Å². The van der Waals surface area contributed by atoms with Gasteiger partial charge in [0.2, 0.25) is 0 Å². The van der Waals surface area contributed by atoms with Gasteiger partial charge in [0.1, 0.15) is 18.1 Å². The smallest absolute Gasteiger partial charge is 0.125 e. The summed E-state index contributed by atoms with van der Waals surface area (Å²) in [5.74, 6) is 1.61. The molecule has 3 aromatic rings. The Morgan fingerprint density at radius 3 is 2.32 bits per heavy atom. The van der Waals surface area contributed by atoms with Crippen LogP contribution in [0.3, 0.4) is 0 Å². The van der Waals surface area contributed by atoms with Gasteiger partial charge in [-0.3, -0.25) is 0 Å². The molecule has 0 heterocycles. The average Bonchev–Trinajstić information content (AvgIpc) is 2.71. The summed E-state index contributed by atoms with van der Waals surface area (Å²) in [6.07, 6.45) is 0. The van der Waals surface area contributed by atoms with Crippen molar-refractivity contribution in [3.05, 3.63) is 87.9 Å². The molecule has 0 fully saturated rings. The summed E-state index contributed by atoms with van der Waals surface area (Å²) in [5.41, 5.74) is 11.6. The van der Waals surface area contributed by atoms with Crippen LogP contribution in [-0.2, 0) is 13.2 Å². The highest BCUT2D eigenvalue weighted by molar-refractivity contribution is 6.32. The fraction of sp³-hybridized carbons (Fsp3) is 0.217. The molecule has 0 saturated carbocycles. The standard InChI is InChI=1S/C23H25ClN2O2/c1-16-11-21(12-17(2)23(16)24)28-15-19-13-18(9-10-22(19)27-3)14-25-26-20-7-5-4-6-8-20/h4-13,25-26H,14-15H2,1-3H3. The highest BCUT2D eigenvalue weighted by Crippen LogP contribution is 2.28. The number of methoxy groups -OCH3 is 1. The van der Waals surface area contributed by atoms with E-state index in [4.69, 9.17) is 21.1 Å². The van der Waals surface area contributed by atoms with E-state index in [1.54, 1.807) is 7.11 Å². The predicted octanol–water partition coefficient (Wildman–Crippen LogP) is 5.66. The van der Waals surface area contributed by atoms with Crippen LogP contribution in [0.15, 0.2) is 60.7 Å². The minimum Gasteiger partial charge on any atom is -0.496 e. The molecular formula is C23H25ClN2O2. The molecule has 0 spiro atoms. The number of nitrogens with one attached hydrogen (secondary N) is 2. The van der Waals surface area contributed by atoms with Gasteiger partial charge in [0.05, 0.1) is 7.11 Å². The van der Waals surface area contributed by atoms with Gasteiger partial charge in [0, 0.05) is 22.8 Å². The van der Waals surface area contributed by atoms with Crippen molar-refractivity contribution in [3.8, 4) is 11.5 Å². The van der Waals surface area contributed by atoms with E-state index >= 15 is 0 Å². The third kappa shape index (κ3) is 5.18. The van der Waals surface area contributed by atoms with E-state index in [9.17, 15) is 0 Å². The van der Waals surface area contributed by atoms with Gasteiger partial charge in [0.25, 0.3) is 0 Å². The Morgan fingerprint density at radius 1 is 0.929 bits per heavy atom. The van der Waals surface area contributed by atoms with Crippen molar-refractivity contribution in [2.45, 2.75) is 27.0 Å². The zero-order valence-electron chi connectivity index (χ0n) is 16.4. The molecule has 3 aromatic carbocycles. The molecule has 0 amide bonds. The van der Waals surface area contributed by atoms with Gasteiger partial charge in [-0.2, -0.15) is 0 Å². The summed E-state index contributed by atoms with van der Waals surface area (Å²) in [6.45, 7) is 5.05. The number of benzene rings is 3. The number of aryl methyl sites for hydroxylation is 2. The van der Waals surface area contributed by atoms with E-state index in [1.807, 2.05) is 68.4 Å². The van der Waals surface area contributed by atoms with Crippen LogP contribution in [0.2, 0.25) is 5.02 Å². The molecule has 4 nitrogen and oxygen atoms in total. The van der Waals surface area contributed by atoms with Gasteiger partial charge < -0.3 is 14.9 Å². The van der Waals surface area contributed by atoms with Crippen molar-refractivity contribution in [2.24, 2.45) is 0 Å². The first-order valence-corrected chi connectivity index (χ1v) is 9.54. The number of para-hydroxylation sites is 1. The van der Waals surface area contributed by atoms with Gasteiger partial charge in [-0.25, -0.2) is 5.43 Å². The lowest BCUT2D eigenvalue weighted by Crippen LogP contribution is -2.20. The van der Waals surface area contributed by atoms with Crippen LogP contribution in [0, 0.1) is 13.8 Å². The molecule has 28 heavy (non-hydrogen) atoms. The van der Waals surface area contributed by atoms with Gasteiger partial charge in [-0.1, -0.05) is 35.9 Å². The highest BCUT2D eigenvalue weighted by Gasteiger charge is 2.08. The molecule has 5 heteroatoms. The lowest BCUT2D eigenvalue weighted by molar-refractivity contribution is 0.296. The Kier molecular flexibility index (Phi) is 6.80. The molecule has 0 saturated heterocycles. The van der Waals surface area contributed by atoms with E-state index in [1.165, 1.54) is 0 Å². The summed E-state index contributed by atoms with van der Waals surface area (Å²) in [4.78, 5) is 0. The van der Waals surface area contributed by atoms with Crippen molar-refractivity contribution in [2.75, 3.05) is 12.5 Å². The van der Waals surface area contributed by atoms with Crippen LogP contribution in [0.25, 0.3) is 0 Å². The van der Waals surface area contributed by atoms with Gasteiger partial charge in [-0.05, 0) is 66.9 Å². The summed E-state index contributed by atoms with van der Waals surface area (Å²) in [5, 5.41) is 0.781. The largest absolute Gasteiger partial charge is 0.496 e. The van der Waals surface area contributed by atoms with E-state index in [0.717, 1.165) is 44.5 Å².